The Balaban J connectivity index is 0. The van der Waals surface area contributed by atoms with Crippen molar-refractivity contribution in [2.24, 2.45) is 0 Å². The van der Waals surface area contributed by atoms with Gasteiger partial charge in [0.2, 0.25) is 5.91 Å². The molecule has 0 spiro atoms. The molecule has 28 heavy (non-hydrogen) atoms. The van der Waals surface area contributed by atoms with Crippen molar-refractivity contribution < 1.29 is 18.7 Å². The number of ether oxygens (including phenoxy) is 1. The minimum absolute atomic E-state index is 0.00323. The summed E-state index contributed by atoms with van der Waals surface area (Å²) in [5.74, 6) is -0.123. The quantitative estimate of drug-likeness (QED) is 0.476. The van der Waals surface area contributed by atoms with Gasteiger partial charge in [-0.1, -0.05) is 32.6 Å². The molecule has 1 fully saturated rings. The third-order valence-electron chi connectivity index (χ3n) is 3.87. The zero-order chi connectivity index (χ0) is 22.5. The molecule has 2 atom stereocenters. The summed E-state index contributed by atoms with van der Waals surface area (Å²) in [6.45, 7) is 23.0. The molecule has 1 aliphatic heterocycles. The fraction of sp³-hybridized carbons (Fsp3) is 0.636. The van der Waals surface area contributed by atoms with E-state index >= 15 is 0 Å². The van der Waals surface area contributed by atoms with Gasteiger partial charge in [0.1, 0.15) is 11.8 Å². The van der Waals surface area contributed by atoms with Crippen molar-refractivity contribution in [2.45, 2.75) is 72.7 Å². The van der Waals surface area contributed by atoms with Gasteiger partial charge >= 0.3 is 6.09 Å². The molecule has 2 amide bonds. The maximum atomic E-state index is 13.9. The second kappa shape index (κ2) is 14.0. The molecule has 0 N–H and O–H groups in total. The van der Waals surface area contributed by atoms with Crippen LogP contribution in [0.5, 0.6) is 0 Å². The third-order valence-corrected chi connectivity index (χ3v) is 3.87. The van der Waals surface area contributed by atoms with Gasteiger partial charge < -0.3 is 14.5 Å². The van der Waals surface area contributed by atoms with Crippen LogP contribution in [0.15, 0.2) is 37.5 Å². The average molecular weight is 399 g/mol. The number of likely N-dealkylation sites (tertiary alicyclic amines) is 1. The highest BCUT2D eigenvalue weighted by Crippen LogP contribution is 2.24. The van der Waals surface area contributed by atoms with Gasteiger partial charge in [-0.2, -0.15) is 0 Å². The molecular formula is C22H39FN2O3. The van der Waals surface area contributed by atoms with Gasteiger partial charge in [-0.15, -0.1) is 13.2 Å². The number of nitrogens with zero attached hydrogens (tertiary/aromatic N) is 2. The fourth-order valence-electron chi connectivity index (χ4n) is 2.63. The Hall–Kier alpha value is -2.11. The normalized spacial score (nSPS) is 18.9. The number of hydrogen-bond acceptors (Lipinski definition) is 3. The number of amides is 2. The Morgan fingerprint density at radius 2 is 1.82 bits per heavy atom. The van der Waals surface area contributed by atoms with Crippen molar-refractivity contribution in [3.8, 4) is 0 Å². The highest BCUT2D eigenvalue weighted by atomic mass is 19.1. The number of carbonyl (C=O) groups is 2. The van der Waals surface area contributed by atoms with Crippen LogP contribution in [0.3, 0.4) is 0 Å². The molecule has 5 nitrogen and oxygen atoms in total. The first kappa shape index (κ1) is 28.1. The molecule has 6 heteroatoms. The lowest BCUT2D eigenvalue weighted by Gasteiger charge is -2.32. The lowest BCUT2D eigenvalue weighted by Crippen LogP contribution is -2.46. The first-order valence-corrected chi connectivity index (χ1v) is 9.74. The van der Waals surface area contributed by atoms with E-state index in [9.17, 15) is 14.0 Å². The maximum absolute atomic E-state index is 13.9. The van der Waals surface area contributed by atoms with E-state index in [0.29, 0.717) is 6.54 Å². The molecule has 0 bridgehead atoms. The predicted octanol–water partition coefficient (Wildman–Crippen LogP) is 5.14. The van der Waals surface area contributed by atoms with Crippen molar-refractivity contribution >= 4 is 12.0 Å². The number of hydrogen-bond donors (Lipinski definition) is 0. The maximum Gasteiger partial charge on any atom is 0.410 e. The van der Waals surface area contributed by atoms with Gasteiger partial charge in [0.25, 0.3) is 0 Å². The van der Waals surface area contributed by atoms with Gasteiger partial charge in [-0.3, -0.25) is 4.79 Å². The Morgan fingerprint density at radius 3 is 2.21 bits per heavy atom. The number of halogens is 1. The molecule has 0 aliphatic carbocycles. The standard InChI is InChI=1S/C18H29FN2O3.C2H6.C2H4/c1-7-14(8-2)10-20(13(3)22)12-16-9-15(19)11-21(16)17(23)24-18(4,5)6;2*1-2/h7-8,15-16H,1,9-12H2,2-6H3;1-2H3;1-2H2/b14-8+;;/t15-,16-;;/m0../s1. The van der Waals surface area contributed by atoms with E-state index in [1.54, 1.807) is 31.7 Å². The third kappa shape index (κ3) is 10.3. The molecule has 0 radical (unpaired) electrons. The van der Waals surface area contributed by atoms with Crippen LogP contribution in [0.1, 0.15) is 54.9 Å². The van der Waals surface area contributed by atoms with E-state index in [-0.39, 0.29) is 31.5 Å². The molecule has 0 aromatic carbocycles. The van der Waals surface area contributed by atoms with E-state index in [0.717, 1.165) is 5.57 Å². The summed E-state index contributed by atoms with van der Waals surface area (Å²) in [6.07, 6.45) is 2.14. The van der Waals surface area contributed by atoms with Crippen LogP contribution in [-0.2, 0) is 9.53 Å². The fourth-order valence-corrected chi connectivity index (χ4v) is 2.63. The van der Waals surface area contributed by atoms with Crippen LogP contribution in [0.25, 0.3) is 0 Å². The Bertz CT molecular complexity index is 526. The number of alkyl halides is 1. The molecule has 1 rings (SSSR count). The minimum Gasteiger partial charge on any atom is -0.444 e. The summed E-state index contributed by atoms with van der Waals surface area (Å²) < 4.78 is 19.2. The summed E-state index contributed by atoms with van der Waals surface area (Å²) in [5, 5.41) is 0. The van der Waals surface area contributed by atoms with Crippen LogP contribution >= 0.6 is 0 Å². The first-order chi connectivity index (χ1) is 13.1. The lowest BCUT2D eigenvalue weighted by molar-refractivity contribution is -0.129. The largest absolute Gasteiger partial charge is 0.444 e. The smallest absolute Gasteiger partial charge is 0.410 e. The molecule has 0 saturated carbocycles. The van der Waals surface area contributed by atoms with E-state index < -0.39 is 17.9 Å². The molecule has 1 heterocycles. The first-order valence-electron chi connectivity index (χ1n) is 9.74. The van der Waals surface area contributed by atoms with Gasteiger partial charge in [0, 0.05) is 26.4 Å². The van der Waals surface area contributed by atoms with E-state index in [1.165, 1.54) is 11.8 Å². The number of rotatable bonds is 5. The van der Waals surface area contributed by atoms with Gasteiger partial charge in [0.05, 0.1) is 12.6 Å². The Morgan fingerprint density at radius 1 is 1.29 bits per heavy atom. The summed E-state index contributed by atoms with van der Waals surface area (Å²) >= 11 is 0. The molecule has 0 aromatic rings. The van der Waals surface area contributed by atoms with Crippen molar-refractivity contribution in [3.05, 3.63) is 37.5 Å². The van der Waals surface area contributed by atoms with Crippen LogP contribution in [0.2, 0.25) is 0 Å². The Kier molecular flexibility index (Phi) is 14.0. The number of allylic oxidation sites excluding steroid dienone is 1. The molecular weight excluding hydrogens is 359 g/mol. The lowest BCUT2D eigenvalue weighted by atomic mass is 10.1. The summed E-state index contributed by atoms with van der Waals surface area (Å²) in [7, 11) is 0. The van der Waals surface area contributed by atoms with Crippen LogP contribution in [0.4, 0.5) is 9.18 Å². The van der Waals surface area contributed by atoms with Crippen molar-refractivity contribution in [1.29, 1.82) is 0 Å². The zero-order valence-electron chi connectivity index (χ0n) is 18.8. The zero-order valence-corrected chi connectivity index (χ0v) is 18.8. The second-order valence-corrected chi connectivity index (χ2v) is 7.09. The average Bonchev–Trinajstić information content (AvgIpc) is 3.01. The summed E-state index contributed by atoms with van der Waals surface area (Å²) in [4.78, 5) is 27.2. The molecule has 1 saturated heterocycles. The topological polar surface area (TPSA) is 49.9 Å². The number of carbonyl (C=O) groups excluding carboxylic acids is 2. The van der Waals surface area contributed by atoms with Crippen LogP contribution in [-0.4, -0.2) is 59.2 Å². The Labute approximate surface area is 170 Å². The SMILES string of the molecule is C=C.C=C/C(=C\C)CN(C[C@@H]1C[C@H](F)CN1C(=O)OC(C)(C)C)C(C)=O.CC. The summed E-state index contributed by atoms with van der Waals surface area (Å²) in [5.41, 5.74) is 0.265. The predicted molar refractivity (Wildman–Crippen MR) is 115 cm³/mol. The molecule has 0 unspecified atom stereocenters. The van der Waals surface area contributed by atoms with Crippen molar-refractivity contribution in [2.75, 3.05) is 19.6 Å². The highest BCUT2D eigenvalue weighted by molar-refractivity contribution is 5.74. The van der Waals surface area contributed by atoms with Gasteiger partial charge in [-0.25, -0.2) is 9.18 Å². The second-order valence-electron chi connectivity index (χ2n) is 7.09. The van der Waals surface area contributed by atoms with E-state index in [2.05, 4.69) is 19.7 Å². The monoisotopic (exact) mass is 398 g/mol. The van der Waals surface area contributed by atoms with Gasteiger partial charge in [0.15, 0.2) is 0 Å². The summed E-state index contributed by atoms with van der Waals surface area (Å²) in [6, 6.07) is -0.387. The van der Waals surface area contributed by atoms with E-state index in [1.807, 2.05) is 26.8 Å². The van der Waals surface area contributed by atoms with Crippen molar-refractivity contribution in [3.63, 3.8) is 0 Å². The molecule has 1 aliphatic rings. The van der Waals surface area contributed by atoms with Crippen LogP contribution < -0.4 is 0 Å². The molecule has 162 valence electrons. The van der Waals surface area contributed by atoms with Crippen molar-refractivity contribution in [1.82, 2.24) is 9.80 Å². The molecule has 0 aromatic heterocycles. The highest BCUT2D eigenvalue weighted by Gasteiger charge is 2.38. The van der Waals surface area contributed by atoms with Crippen LogP contribution in [0, 0.1) is 0 Å². The van der Waals surface area contributed by atoms with Gasteiger partial charge in [-0.05, 0) is 33.3 Å². The van der Waals surface area contributed by atoms with E-state index in [4.69, 9.17) is 4.74 Å². The minimum atomic E-state index is -1.10.